The van der Waals surface area contributed by atoms with Crippen LogP contribution in [0.1, 0.15) is 28.0 Å². The van der Waals surface area contributed by atoms with E-state index in [0.29, 0.717) is 6.54 Å². The molecule has 108 valence electrons. The summed E-state index contributed by atoms with van der Waals surface area (Å²) in [5.41, 5.74) is 7.95. The Balaban J connectivity index is 2.36. The maximum Gasteiger partial charge on any atom is 0.122 e. The molecule has 1 aromatic carbocycles. The van der Waals surface area contributed by atoms with Gasteiger partial charge in [-0.1, -0.05) is 18.2 Å². The van der Waals surface area contributed by atoms with E-state index in [9.17, 15) is 5.11 Å². The highest BCUT2D eigenvalue weighted by molar-refractivity contribution is 9.11. The fourth-order valence-electron chi connectivity index (χ4n) is 2.23. The van der Waals surface area contributed by atoms with Crippen molar-refractivity contribution >= 4 is 27.3 Å². The first-order chi connectivity index (χ1) is 9.58. The molecule has 5 heteroatoms. The Bertz CT molecular complexity index is 566. The first-order valence-corrected chi connectivity index (χ1v) is 7.96. The molecule has 0 spiro atoms. The molecule has 0 fully saturated rings. The topological polar surface area (TPSA) is 55.5 Å². The lowest BCUT2D eigenvalue weighted by molar-refractivity contribution is 0.149. The second-order valence-electron chi connectivity index (χ2n) is 4.63. The highest BCUT2D eigenvalue weighted by Gasteiger charge is 2.26. The van der Waals surface area contributed by atoms with E-state index in [2.05, 4.69) is 15.9 Å². The second kappa shape index (κ2) is 6.72. The Labute approximate surface area is 131 Å². The van der Waals surface area contributed by atoms with Crippen LogP contribution in [-0.4, -0.2) is 18.8 Å². The molecule has 0 bridgehead atoms. The van der Waals surface area contributed by atoms with Crippen molar-refractivity contribution in [1.29, 1.82) is 0 Å². The van der Waals surface area contributed by atoms with Crippen LogP contribution in [0.5, 0.6) is 5.75 Å². The molecule has 2 atom stereocenters. The lowest BCUT2D eigenvalue weighted by Crippen LogP contribution is -2.20. The summed E-state index contributed by atoms with van der Waals surface area (Å²) in [5, 5.41) is 10.6. The first-order valence-electron chi connectivity index (χ1n) is 6.35. The Morgan fingerprint density at radius 2 is 2.10 bits per heavy atom. The summed E-state index contributed by atoms with van der Waals surface area (Å²) in [6.07, 6.45) is -0.633. The van der Waals surface area contributed by atoms with Gasteiger partial charge in [0.25, 0.3) is 0 Å². The molecular formula is C15H18BrNO2S. The van der Waals surface area contributed by atoms with Gasteiger partial charge in [0.15, 0.2) is 0 Å². The Morgan fingerprint density at radius 1 is 1.40 bits per heavy atom. The van der Waals surface area contributed by atoms with E-state index >= 15 is 0 Å². The van der Waals surface area contributed by atoms with Crippen molar-refractivity contribution in [3.05, 3.63) is 50.1 Å². The predicted octanol–water partition coefficient (Wildman–Crippen LogP) is 3.60. The van der Waals surface area contributed by atoms with Crippen LogP contribution >= 0.6 is 27.3 Å². The van der Waals surface area contributed by atoms with Gasteiger partial charge >= 0.3 is 0 Å². The van der Waals surface area contributed by atoms with E-state index in [1.54, 1.807) is 18.4 Å². The van der Waals surface area contributed by atoms with Crippen LogP contribution in [0.3, 0.4) is 0 Å². The van der Waals surface area contributed by atoms with E-state index in [4.69, 9.17) is 10.5 Å². The zero-order valence-electron chi connectivity index (χ0n) is 11.5. The molecule has 3 nitrogen and oxygen atoms in total. The summed E-state index contributed by atoms with van der Waals surface area (Å²) < 4.78 is 6.41. The van der Waals surface area contributed by atoms with Gasteiger partial charge in [0, 0.05) is 22.9 Å². The van der Waals surface area contributed by atoms with E-state index in [1.165, 1.54) is 0 Å². The van der Waals surface area contributed by atoms with Gasteiger partial charge in [0.2, 0.25) is 0 Å². The van der Waals surface area contributed by atoms with Crippen LogP contribution in [0.4, 0.5) is 0 Å². The minimum atomic E-state index is -0.633. The van der Waals surface area contributed by atoms with Crippen LogP contribution in [0, 0.1) is 6.92 Å². The number of methoxy groups -OCH3 is 1. The fourth-order valence-corrected chi connectivity index (χ4v) is 3.85. The van der Waals surface area contributed by atoms with E-state index < -0.39 is 6.10 Å². The molecule has 0 aliphatic carbocycles. The van der Waals surface area contributed by atoms with Gasteiger partial charge in [-0.3, -0.25) is 0 Å². The van der Waals surface area contributed by atoms with Gasteiger partial charge < -0.3 is 15.6 Å². The summed E-state index contributed by atoms with van der Waals surface area (Å²) in [4.78, 5) is 0.913. The van der Waals surface area contributed by atoms with Crippen molar-refractivity contribution in [1.82, 2.24) is 0 Å². The maximum absolute atomic E-state index is 10.6. The van der Waals surface area contributed by atoms with E-state index in [-0.39, 0.29) is 5.92 Å². The number of benzene rings is 1. The Morgan fingerprint density at radius 3 is 2.65 bits per heavy atom. The van der Waals surface area contributed by atoms with Crippen molar-refractivity contribution < 1.29 is 9.84 Å². The third kappa shape index (κ3) is 3.06. The minimum Gasteiger partial charge on any atom is -0.496 e. The van der Waals surface area contributed by atoms with E-state index in [1.807, 2.05) is 37.3 Å². The SMILES string of the molecule is COc1ccccc1C(CN)C(O)c1cc(C)c(Br)s1. The first kappa shape index (κ1) is 15.5. The summed E-state index contributed by atoms with van der Waals surface area (Å²) >= 11 is 5.04. The Kier molecular flexibility index (Phi) is 5.21. The van der Waals surface area contributed by atoms with Crippen molar-refractivity contribution in [2.75, 3.05) is 13.7 Å². The number of halogens is 1. The lowest BCUT2D eigenvalue weighted by atomic mass is 9.91. The average molecular weight is 356 g/mol. The average Bonchev–Trinajstić information content (AvgIpc) is 2.80. The molecular weight excluding hydrogens is 338 g/mol. The molecule has 0 saturated carbocycles. The van der Waals surface area contributed by atoms with Gasteiger partial charge in [-0.2, -0.15) is 0 Å². The highest BCUT2D eigenvalue weighted by atomic mass is 79.9. The number of hydrogen-bond acceptors (Lipinski definition) is 4. The van der Waals surface area contributed by atoms with Crippen molar-refractivity contribution in [3.8, 4) is 5.75 Å². The van der Waals surface area contributed by atoms with Crippen LogP contribution in [-0.2, 0) is 0 Å². The molecule has 2 aromatic rings. The molecule has 3 N–H and O–H groups in total. The van der Waals surface area contributed by atoms with Crippen LogP contribution in [0.15, 0.2) is 34.1 Å². The zero-order chi connectivity index (χ0) is 14.7. The quantitative estimate of drug-likeness (QED) is 0.861. The minimum absolute atomic E-state index is 0.184. The van der Waals surface area contributed by atoms with Gasteiger partial charge in [0.1, 0.15) is 5.75 Å². The molecule has 2 rings (SSSR count). The maximum atomic E-state index is 10.6. The molecule has 0 amide bonds. The summed E-state index contributed by atoms with van der Waals surface area (Å²) in [6, 6.07) is 9.68. The van der Waals surface area contributed by atoms with Crippen molar-refractivity contribution in [2.45, 2.75) is 18.9 Å². The number of para-hydroxylation sites is 1. The number of nitrogens with two attached hydrogens (primary N) is 1. The third-order valence-corrected chi connectivity index (χ3v) is 5.55. The van der Waals surface area contributed by atoms with E-state index in [0.717, 1.165) is 25.5 Å². The summed E-state index contributed by atoms with van der Waals surface area (Å²) in [6.45, 7) is 2.37. The normalized spacial score (nSPS) is 14.1. The van der Waals surface area contributed by atoms with Crippen molar-refractivity contribution in [2.24, 2.45) is 5.73 Å². The van der Waals surface area contributed by atoms with Crippen LogP contribution in [0.25, 0.3) is 0 Å². The zero-order valence-corrected chi connectivity index (χ0v) is 13.9. The van der Waals surface area contributed by atoms with Gasteiger partial charge in [0.05, 0.1) is 17.0 Å². The largest absolute Gasteiger partial charge is 0.496 e. The molecule has 20 heavy (non-hydrogen) atoms. The molecule has 1 heterocycles. The third-order valence-electron chi connectivity index (χ3n) is 3.34. The number of aryl methyl sites for hydroxylation is 1. The van der Waals surface area contributed by atoms with Crippen LogP contribution < -0.4 is 10.5 Å². The number of rotatable bonds is 5. The smallest absolute Gasteiger partial charge is 0.122 e. The molecule has 0 aliphatic rings. The number of aliphatic hydroxyl groups is 1. The van der Waals surface area contributed by atoms with Crippen molar-refractivity contribution in [3.63, 3.8) is 0 Å². The number of thiophene rings is 1. The number of aliphatic hydroxyl groups excluding tert-OH is 1. The predicted molar refractivity (Wildman–Crippen MR) is 86.5 cm³/mol. The van der Waals surface area contributed by atoms with Gasteiger partial charge in [-0.15, -0.1) is 11.3 Å². The molecule has 0 aliphatic heterocycles. The number of hydrogen-bond donors (Lipinski definition) is 2. The molecule has 0 radical (unpaired) electrons. The second-order valence-corrected chi connectivity index (χ2v) is 7.04. The van der Waals surface area contributed by atoms with Crippen LogP contribution in [0.2, 0.25) is 0 Å². The highest BCUT2D eigenvalue weighted by Crippen LogP contribution is 2.40. The monoisotopic (exact) mass is 355 g/mol. The van der Waals surface area contributed by atoms with Gasteiger partial charge in [-0.25, -0.2) is 0 Å². The molecule has 2 unspecified atom stereocenters. The summed E-state index contributed by atoms with van der Waals surface area (Å²) in [7, 11) is 1.63. The number of ether oxygens (including phenoxy) is 1. The van der Waals surface area contributed by atoms with Gasteiger partial charge in [-0.05, 0) is 40.5 Å². The molecule has 1 aromatic heterocycles. The fraction of sp³-hybridized carbons (Fsp3) is 0.333. The lowest BCUT2D eigenvalue weighted by Gasteiger charge is -2.22. The molecule has 0 saturated heterocycles. The summed E-state index contributed by atoms with van der Waals surface area (Å²) in [5.74, 6) is 0.574. The Hall–Kier alpha value is -0.880. The standard InChI is InChI=1S/C15H18BrNO2S/c1-9-7-13(20-15(9)16)14(18)11(8-17)10-5-3-4-6-12(10)19-2/h3-7,11,14,18H,8,17H2,1-2H3.